The van der Waals surface area contributed by atoms with E-state index in [1.807, 2.05) is 73.8 Å². The van der Waals surface area contributed by atoms with Gasteiger partial charge in [0.1, 0.15) is 18.0 Å². The molecule has 11 nitrogen and oxygen atoms in total. The molecule has 1 aromatic heterocycles. The van der Waals surface area contributed by atoms with Gasteiger partial charge in [-0.05, 0) is 65.8 Å². The van der Waals surface area contributed by atoms with E-state index in [1.54, 1.807) is 50.2 Å². The topological polar surface area (TPSA) is 118 Å². The van der Waals surface area contributed by atoms with Crippen LogP contribution in [0, 0.1) is 0 Å². The number of nitrogens with one attached hydrogen (secondary N) is 1. The van der Waals surface area contributed by atoms with Crippen LogP contribution in [0.4, 0.5) is 0 Å². The van der Waals surface area contributed by atoms with E-state index < -0.39 is 12.2 Å². The van der Waals surface area contributed by atoms with E-state index >= 15 is 0 Å². The summed E-state index contributed by atoms with van der Waals surface area (Å²) >= 11 is 0. The monoisotopic (exact) mass is 750 g/mol. The molecule has 1 aliphatic carbocycles. The Labute approximate surface area is 326 Å². The number of hydrazine groups is 1. The number of nitrogens with zero attached hydrogens (tertiary/aromatic N) is 5. The van der Waals surface area contributed by atoms with Gasteiger partial charge in [-0.2, -0.15) is 0 Å². The molecule has 2 N–H and O–H groups in total. The second-order valence-corrected chi connectivity index (χ2v) is 15.0. The highest BCUT2D eigenvalue weighted by atomic mass is 16.3. The Hall–Kier alpha value is -6.20. The van der Waals surface area contributed by atoms with Gasteiger partial charge in [-0.25, -0.2) is 10.0 Å². The van der Waals surface area contributed by atoms with Gasteiger partial charge in [0.25, 0.3) is 5.91 Å². The molecule has 5 aromatic rings. The maximum atomic E-state index is 14.7. The lowest BCUT2D eigenvalue weighted by Gasteiger charge is -2.55. The normalized spacial score (nSPS) is 18.6. The third-order valence-electron chi connectivity index (χ3n) is 11.1. The highest BCUT2D eigenvalue weighted by molar-refractivity contribution is 6.01. The first-order valence-electron chi connectivity index (χ1n) is 19.3. The largest absolute Gasteiger partial charge is 0.508 e. The minimum absolute atomic E-state index is 0.0617. The summed E-state index contributed by atoms with van der Waals surface area (Å²) in [7, 11) is 1.98. The number of amides is 4. The van der Waals surface area contributed by atoms with Crippen molar-refractivity contribution in [3.05, 3.63) is 138 Å². The number of hydrogen-bond acceptors (Lipinski definition) is 6. The number of fused-ring (bicyclic) bond motifs is 2. The first-order chi connectivity index (χ1) is 27.2. The summed E-state index contributed by atoms with van der Waals surface area (Å²) in [5.74, 6) is -0.551. The SMILES string of the molecule is C=CCN1CC(=O)N2[C@@H](Cc3ccc(O)cc3)C(=O)N(Cc3cccc4c(-c5cccc(C(=O)NC6CC6)c5)cn(C)c34)C[C@@H]2N1C(=O)CCc1ccccc1. The van der Waals surface area contributed by atoms with E-state index in [2.05, 4.69) is 28.7 Å². The van der Waals surface area contributed by atoms with E-state index in [0.29, 0.717) is 18.5 Å². The zero-order chi connectivity index (χ0) is 38.9. The fourth-order valence-electron chi connectivity index (χ4n) is 8.21. The predicted octanol–water partition coefficient (Wildman–Crippen LogP) is 5.43. The van der Waals surface area contributed by atoms with Crippen LogP contribution in [-0.4, -0.2) is 91.0 Å². The Kier molecular flexibility index (Phi) is 10.2. The number of aromatic nitrogens is 1. The van der Waals surface area contributed by atoms with Crippen LogP contribution in [0.5, 0.6) is 5.75 Å². The summed E-state index contributed by atoms with van der Waals surface area (Å²) in [4.78, 5) is 59.4. The van der Waals surface area contributed by atoms with Crippen LogP contribution in [0.25, 0.3) is 22.0 Å². The summed E-state index contributed by atoms with van der Waals surface area (Å²) in [6, 6.07) is 29.6. The van der Waals surface area contributed by atoms with Gasteiger partial charge in [-0.3, -0.25) is 19.2 Å². The van der Waals surface area contributed by atoms with Crippen molar-refractivity contribution in [2.24, 2.45) is 7.05 Å². The molecule has 1 saturated carbocycles. The minimum atomic E-state index is -0.881. The van der Waals surface area contributed by atoms with Crippen LogP contribution >= 0.6 is 0 Å². The lowest BCUT2D eigenvalue weighted by molar-refractivity contribution is -0.205. The minimum Gasteiger partial charge on any atom is -0.508 e. The Morgan fingerprint density at radius 3 is 2.45 bits per heavy atom. The number of piperazine rings is 1. The number of aromatic hydroxyl groups is 1. The van der Waals surface area contributed by atoms with Gasteiger partial charge in [0.2, 0.25) is 17.7 Å². The second-order valence-electron chi connectivity index (χ2n) is 15.0. The van der Waals surface area contributed by atoms with E-state index in [4.69, 9.17) is 0 Å². The lowest BCUT2D eigenvalue weighted by Crippen LogP contribution is -2.75. The molecule has 2 atom stereocenters. The average molecular weight is 751 g/mol. The Bertz CT molecular complexity index is 2300. The molecule has 8 rings (SSSR count). The van der Waals surface area contributed by atoms with Gasteiger partial charge in [0.05, 0.1) is 18.6 Å². The van der Waals surface area contributed by atoms with Crippen molar-refractivity contribution in [3.63, 3.8) is 0 Å². The van der Waals surface area contributed by atoms with Gasteiger partial charge >= 0.3 is 0 Å². The van der Waals surface area contributed by atoms with Gasteiger partial charge in [0, 0.05) is 61.7 Å². The molecule has 4 aromatic carbocycles. The lowest BCUT2D eigenvalue weighted by atomic mass is 9.97. The number of aryl methyl sites for hydroxylation is 2. The van der Waals surface area contributed by atoms with Crippen molar-refractivity contribution in [3.8, 4) is 16.9 Å². The highest BCUT2D eigenvalue weighted by Gasteiger charge is 2.51. The molecule has 0 unspecified atom stereocenters. The van der Waals surface area contributed by atoms with Crippen LogP contribution in [0.3, 0.4) is 0 Å². The number of phenolic OH excluding ortho intramolecular Hbond substituents is 1. The number of carbonyl (C=O) groups is 4. The number of benzene rings is 4. The van der Waals surface area contributed by atoms with Crippen molar-refractivity contribution < 1.29 is 24.3 Å². The number of phenols is 1. The summed E-state index contributed by atoms with van der Waals surface area (Å²) in [5, 5.41) is 17.5. The molecular formula is C45H46N6O5. The molecule has 3 heterocycles. The summed E-state index contributed by atoms with van der Waals surface area (Å²) in [5.41, 5.74) is 6.19. The fraction of sp³-hybridized carbons (Fsp3) is 0.289. The van der Waals surface area contributed by atoms with Crippen LogP contribution < -0.4 is 5.32 Å². The zero-order valence-corrected chi connectivity index (χ0v) is 31.5. The summed E-state index contributed by atoms with van der Waals surface area (Å²) in [6.45, 7) is 4.50. The van der Waals surface area contributed by atoms with Gasteiger partial charge in [-0.1, -0.05) is 78.9 Å². The zero-order valence-electron chi connectivity index (χ0n) is 31.5. The van der Waals surface area contributed by atoms with Gasteiger partial charge in [0.15, 0.2) is 0 Å². The average Bonchev–Trinajstić information content (AvgIpc) is 3.96. The smallest absolute Gasteiger partial charge is 0.251 e. The van der Waals surface area contributed by atoms with E-state index in [0.717, 1.165) is 51.6 Å². The molecule has 2 saturated heterocycles. The third-order valence-corrected chi connectivity index (χ3v) is 11.1. The molecule has 3 aliphatic rings. The first kappa shape index (κ1) is 36.8. The Balaban J connectivity index is 1.14. The number of para-hydroxylation sites is 1. The second kappa shape index (κ2) is 15.5. The molecule has 3 fully saturated rings. The number of rotatable bonds is 12. The van der Waals surface area contributed by atoms with Crippen molar-refractivity contribution in [2.75, 3.05) is 19.6 Å². The molecule has 0 spiro atoms. The maximum absolute atomic E-state index is 14.7. The standard InChI is InChI=1S/C45H46N6O5/c1-3-23-49-29-42(54)50-39(24-31-15-20-36(52)21-16-31)45(56)48(28-40(50)51(49)41(53)22-17-30-9-5-4-6-10-30)26-34-13-8-14-37-38(27-47(2)43(34)37)32-11-7-12-33(25-32)44(55)46-35-18-19-35/h3-16,20-21,25,27,35,39-40,52H,1,17-19,22-24,26,28-29H2,2H3,(H,46,55)/t39-,40-/m0/s1. The Morgan fingerprint density at radius 1 is 0.929 bits per heavy atom. The maximum Gasteiger partial charge on any atom is 0.251 e. The van der Waals surface area contributed by atoms with Crippen LogP contribution in [0.15, 0.2) is 116 Å². The van der Waals surface area contributed by atoms with Crippen molar-refractivity contribution >= 4 is 34.5 Å². The van der Waals surface area contributed by atoms with Crippen LogP contribution in [0.1, 0.15) is 46.3 Å². The summed E-state index contributed by atoms with van der Waals surface area (Å²) in [6.07, 6.45) is 5.99. The molecule has 11 heteroatoms. The molecule has 286 valence electrons. The van der Waals surface area contributed by atoms with Crippen LogP contribution in [-0.2, 0) is 40.8 Å². The third kappa shape index (κ3) is 7.42. The van der Waals surface area contributed by atoms with E-state index in [9.17, 15) is 24.3 Å². The molecule has 4 amide bonds. The quantitative estimate of drug-likeness (QED) is 0.164. The van der Waals surface area contributed by atoms with Crippen molar-refractivity contribution in [1.82, 2.24) is 29.7 Å². The van der Waals surface area contributed by atoms with Gasteiger partial charge < -0.3 is 24.8 Å². The highest BCUT2D eigenvalue weighted by Crippen LogP contribution is 2.35. The number of hydrogen-bond donors (Lipinski definition) is 2. The molecule has 56 heavy (non-hydrogen) atoms. The number of carbonyl (C=O) groups excluding carboxylic acids is 4. The molecular weight excluding hydrogens is 705 g/mol. The van der Waals surface area contributed by atoms with Gasteiger partial charge in [-0.15, -0.1) is 6.58 Å². The van der Waals surface area contributed by atoms with Crippen molar-refractivity contribution in [1.29, 1.82) is 0 Å². The molecule has 0 bridgehead atoms. The molecule has 2 aliphatic heterocycles. The first-order valence-corrected chi connectivity index (χ1v) is 19.3. The van der Waals surface area contributed by atoms with E-state index in [1.165, 1.54) is 0 Å². The molecule has 0 radical (unpaired) electrons. The Morgan fingerprint density at radius 2 is 1.70 bits per heavy atom. The van der Waals surface area contributed by atoms with E-state index in [-0.39, 0.29) is 67.9 Å². The predicted molar refractivity (Wildman–Crippen MR) is 214 cm³/mol. The summed E-state index contributed by atoms with van der Waals surface area (Å²) < 4.78 is 2.06. The van der Waals surface area contributed by atoms with Crippen molar-refractivity contribution in [2.45, 2.75) is 56.9 Å². The van der Waals surface area contributed by atoms with Crippen LogP contribution in [0.2, 0.25) is 0 Å². The fourth-order valence-corrected chi connectivity index (χ4v) is 8.21.